The maximum atomic E-state index is 14.6. The van der Waals surface area contributed by atoms with Gasteiger partial charge >= 0.3 is 0 Å². The monoisotopic (exact) mass is 758 g/mol. The maximum absolute atomic E-state index is 14.6. The van der Waals surface area contributed by atoms with Crippen molar-refractivity contribution < 1.29 is 23.6 Å². The first-order valence-electron chi connectivity index (χ1n) is 17.4. The van der Waals surface area contributed by atoms with Gasteiger partial charge in [0.1, 0.15) is 34.5 Å². The van der Waals surface area contributed by atoms with Gasteiger partial charge in [-0.05, 0) is 96.3 Å². The van der Waals surface area contributed by atoms with E-state index in [-0.39, 0.29) is 52.2 Å². The number of ketones is 1. The quantitative estimate of drug-likeness (QED) is 0.205. The first-order valence-corrected chi connectivity index (χ1v) is 18.2. The summed E-state index contributed by atoms with van der Waals surface area (Å²) in [6, 6.07) is 4.07. The summed E-state index contributed by atoms with van der Waals surface area (Å²) in [7, 11) is 0. The van der Waals surface area contributed by atoms with Crippen LogP contribution in [-0.4, -0.2) is 71.8 Å². The van der Waals surface area contributed by atoms with E-state index in [1.54, 1.807) is 28.9 Å². The normalized spacial score (nSPS) is 23.8. The molecule has 3 aromatic heterocycles. The second kappa shape index (κ2) is 13.5. The van der Waals surface area contributed by atoms with Crippen molar-refractivity contribution in [2.24, 2.45) is 11.3 Å². The van der Waals surface area contributed by atoms with Crippen LogP contribution in [-0.2, 0) is 27.3 Å². The molecule has 1 aromatic carbocycles. The summed E-state index contributed by atoms with van der Waals surface area (Å²) in [5.41, 5.74) is 3.50. The van der Waals surface area contributed by atoms with Crippen molar-refractivity contribution in [2.75, 3.05) is 11.9 Å². The van der Waals surface area contributed by atoms with Gasteiger partial charge in [0.05, 0.1) is 5.52 Å². The van der Waals surface area contributed by atoms with Gasteiger partial charge in [0.25, 0.3) is 0 Å². The Morgan fingerprint density at radius 2 is 1.76 bits per heavy atom. The van der Waals surface area contributed by atoms with Crippen molar-refractivity contribution in [2.45, 2.75) is 91.3 Å². The zero-order valence-corrected chi connectivity index (χ0v) is 30.6. The molecule has 2 N–H and O–H groups in total. The van der Waals surface area contributed by atoms with Gasteiger partial charge in [-0.15, -0.1) is 0 Å². The van der Waals surface area contributed by atoms with Crippen molar-refractivity contribution in [1.82, 2.24) is 34.9 Å². The SMILES string of the molecule is CC(=O)c1nn2c3c(cc(-c4cnc(C)nc4)cc13)CCCCCCC(=O)NC[C@@]13C[C@@H](C(=O)Nc4nc(Br)c(F)cc4C)N(C(=O)C2)C1C3C. The third-order valence-corrected chi connectivity index (χ3v) is 11.5. The molecule has 2 bridgehead atoms. The third kappa shape index (κ3) is 6.42. The van der Waals surface area contributed by atoms with E-state index in [1.165, 1.54) is 13.0 Å². The minimum atomic E-state index is -0.874. The van der Waals surface area contributed by atoms with Crippen molar-refractivity contribution in [3.8, 4) is 11.1 Å². The van der Waals surface area contributed by atoms with Gasteiger partial charge in [-0.25, -0.2) is 19.3 Å². The molecule has 2 fully saturated rings. The van der Waals surface area contributed by atoms with Gasteiger partial charge in [0.15, 0.2) is 11.6 Å². The Morgan fingerprint density at radius 3 is 2.49 bits per heavy atom. The van der Waals surface area contributed by atoms with Gasteiger partial charge in [-0.1, -0.05) is 19.8 Å². The zero-order valence-electron chi connectivity index (χ0n) is 29.1. The molecule has 2 unspecified atom stereocenters. The molecule has 3 amide bonds. The van der Waals surface area contributed by atoms with Gasteiger partial charge in [0.2, 0.25) is 17.7 Å². The number of anilines is 1. The number of hydrogen-bond donors (Lipinski definition) is 2. The van der Waals surface area contributed by atoms with Crippen LogP contribution < -0.4 is 10.6 Å². The number of nitrogens with zero attached hydrogens (tertiary/aromatic N) is 6. The van der Waals surface area contributed by atoms with E-state index in [0.717, 1.165) is 42.4 Å². The average molecular weight is 760 g/mol. The average Bonchev–Trinajstić information content (AvgIpc) is 3.35. The van der Waals surface area contributed by atoms with Gasteiger partial charge in [-0.3, -0.25) is 23.9 Å². The number of aromatic nitrogens is 5. The Hall–Kier alpha value is -4.59. The topological polar surface area (TPSA) is 152 Å². The summed E-state index contributed by atoms with van der Waals surface area (Å²) in [6.07, 6.45) is 8.28. The van der Waals surface area contributed by atoms with Crippen LogP contribution in [0, 0.1) is 31.0 Å². The lowest BCUT2D eigenvalue weighted by Gasteiger charge is -2.28. The number of halogens is 2. The first-order chi connectivity index (χ1) is 24.4. The molecule has 51 heavy (non-hydrogen) atoms. The summed E-state index contributed by atoms with van der Waals surface area (Å²) < 4.78 is 15.7. The smallest absolute Gasteiger partial charge is 0.248 e. The number of nitrogens with one attached hydrogen (secondary N) is 2. The number of hydrogen-bond acceptors (Lipinski definition) is 8. The van der Waals surface area contributed by atoms with Crippen LogP contribution in [0.1, 0.15) is 79.8 Å². The predicted molar refractivity (Wildman–Crippen MR) is 191 cm³/mol. The number of carbonyl (C=O) groups is 4. The molecule has 7 rings (SSSR count). The van der Waals surface area contributed by atoms with Gasteiger partial charge in [-0.2, -0.15) is 5.10 Å². The van der Waals surface area contributed by atoms with Gasteiger partial charge < -0.3 is 15.5 Å². The second-order valence-corrected chi connectivity index (χ2v) is 15.0. The molecule has 14 heteroatoms. The van der Waals surface area contributed by atoms with Crippen LogP contribution in [0.5, 0.6) is 0 Å². The fraction of sp³-hybridized carbons (Fsp3) is 0.459. The van der Waals surface area contributed by atoms with E-state index in [2.05, 4.69) is 47.6 Å². The number of aryl methyl sites for hydroxylation is 3. The zero-order chi connectivity index (χ0) is 36.2. The maximum Gasteiger partial charge on any atom is 0.248 e. The molecule has 4 aromatic rings. The fourth-order valence-electron chi connectivity index (χ4n) is 8.11. The van der Waals surface area contributed by atoms with E-state index in [0.29, 0.717) is 48.1 Å². The van der Waals surface area contributed by atoms with Crippen LogP contribution in [0.2, 0.25) is 0 Å². The Morgan fingerprint density at radius 1 is 1.04 bits per heavy atom. The van der Waals surface area contributed by atoms with Crippen LogP contribution >= 0.6 is 15.9 Å². The molecule has 4 atom stereocenters. The Bertz CT molecular complexity index is 2080. The summed E-state index contributed by atoms with van der Waals surface area (Å²) >= 11 is 3.10. The first kappa shape index (κ1) is 34.8. The number of piperidine rings is 1. The van der Waals surface area contributed by atoms with Crippen molar-refractivity contribution in [3.05, 3.63) is 63.7 Å². The molecular formula is C37H40BrFN8O4. The van der Waals surface area contributed by atoms with E-state index >= 15 is 0 Å². The molecule has 3 aliphatic rings. The lowest BCUT2D eigenvalue weighted by atomic mass is 9.95. The second-order valence-electron chi connectivity index (χ2n) is 14.2. The highest BCUT2D eigenvalue weighted by Gasteiger charge is 2.72. The van der Waals surface area contributed by atoms with E-state index < -0.39 is 23.2 Å². The van der Waals surface area contributed by atoms with Crippen LogP contribution in [0.25, 0.3) is 22.0 Å². The summed E-state index contributed by atoms with van der Waals surface area (Å²) in [6.45, 7) is 7.12. The van der Waals surface area contributed by atoms with Crippen molar-refractivity contribution in [1.29, 1.82) is 0 Å². The highest BCUT2D eigenvalue weighted by Crippen LogP contribution is 2.64. The number of Topliss-reactive ketones (excluding diaryl/α,β-unsaturated/α-hetero) is 1. The predicted octanol–water partition coefficient (Wildman–Crippen LogP) is 5.48. The standard InChI is InChI=1S/C37H40BrFN8O4/c1-19-11-27(39)34(38)43-35(19)44-36(51)28-14-37-18-42-29(49)10-8-6-5-7-9-23-12-24(25-15-40-22(4)41-16-25)13-26-31(21(3)48)45-46(32(23)26)17-30(50)47(28)33(37)20(37)2/h11-13,15-16,20,28,33H,5-10,14,17-18H2,1-4H3,(H,42,49)(H,43,44,51)/t20?,28-,33?,37+/m0/s1. The molecule has 5 heterocycles. The number of amides is 3. The lowest BCUT2D eigenvalue weighted by molar-refractivity contribution is -0.139. The molecule has 266 valence electrons. The summed E-state index contributed by atoms with van der Waals surface area (Å²) in [5.74, 6) is -0.730. The molecule has 1 saturated heterocycles. The number of carbonyl (C=O) groups excluding carboxylic acids is 4. The molecule has 1 aliphatic carbocycles. The Labute approximate surface area is 303 Å². The van der Waals surface area contributed by atoms with Crippen molar-refractivity contribution >= 4 is 56.2 Å². The van der Waals surface area contributed by atoms with Crippen LogP contribution in [0.15, 0.2) is 35.2 Å². The van der Waals surface area contributed by atoms with Crippen LogP contribution in [0.4, 0.5) is 10.2 Å². The molecule has 1 saturated carbocycles. The minimum Gasteiger partial charge on any atom is -0.355 e. The lowest BCUT2D eigenvalue weighted by Crippen LogP contribution is -2.47. The van der Waals surface area contributed by atoms with E-state index in [9.17, 15) is 23.6 Å². The highest BCUT2D eigenvalue weighted by molar-refractivity contribution is 9.10. The van der Waals surface area contributed by atoms with E-state index in [4.69, 9.17) is 5.10 Å². The molecule has 0 radical (unpaired) electrons. The Balaban J connectivity index is 1.30. The van der Waals surface area contributed by atoms with Crippen LogP contribution in [0.3, 0.4) is 0 Å². The number of benzene rings is 1. The molecule has 12 nitrogen and oxygen atoms in total. The molecular weight excluding hydrogens is 719 g/mol. The van der Waals surface area contributed by atoms with Crippen molar-refractivity contribution in [3.63, 3.8) is 0 Å². The number of rotatable bonds is 4. The molecule has 0 spiro atoms. The van der Waals surface area contributed by atoms with Gasteiger partial charge in [0, 0.05) is 54.7 Å². The Kier molecular flexibility index (Phi) is 9.23. The summed E-state index contributed by atoms with van der Waals surface area (Å²) in [4.78, 5) is 69.1. The third-order valence-electron chi connectivity index (χ3n) is 10.9. The largest absolute Gasteiger partial charge is 0.355 e. The fourth-order valence-corrected chi connectivity index (χ4v) is 8.40. The van der Waals surface area contributed by atoms with E-state index in [1.807, 2.05) is 19.9 Å². The summed E-state index contributed by atoms with van der Waals surface area (Å²) in [5, 5.41) is 11.3. The highest BCUT2D eigenvalue weighted by atomic mass is 79.9. The molecule has 2 aliphatic heterocycles. The minimum absolute atomic E-state index is 0.0292. The number of pyridine rings is 1.